The van der Waals surface area contributed by atoms with Crippen LogP contribution in [-0.4, -0.2) is 19.7 Å². The Balaban J connectivity index is 1.84. The third kappa shape index (κ3) is 4.25. The second-order valence-corrected chi connectivity index (χ2v) is 5.24. The van der Waals surface area contributed by atoms with E-state index in [9.17, 15) is 4.79 Å². The lowest BCUT2D eigenvalue weighted by Crippen LogP contribution is -2.30. The van der Waals surface area contributed by atoms with Crippen LogP contribution < -0.4 is 15.4 Å². The molecule has 0 radical (unpaired) electrons. The van der Waals surface area contributed by atoms with Crippen molar-refractivity contribution in [3.8, 4) is 5.75 Å². The molecule has 0 bridgehead atoms. The molecule has 0 aliphatic carbocycles. The van der Waals surface area contributed by atoms with E-state index in [1.165, 1.54) is 5.56 Å². The molecule has 4 nitrogen and oxygen atoms in total. The summed E-state index contributed by atoms with van der Waals surface area (Å²) < 4.78 is 5.29. The molecule has 0 saturated heterocycles. The quantitative estimate of drug-likeness (QED) is 0.884. The molecule has 116 valence electrons. The van der Waals surface area contributed by atoms with Crippen molar-refractivity contribution in [2.45, 2.75) is 20.3 Å². The second-order valence-electron chi connectivity index (χ2n) is 5.24. The number of rotatable bonds is 5. The van der Waals surface area contributed by atoms with E-state index in [1.807, 2.05) is 56.3 Å². The Kier molecular flexibility index (Phi) is 5.42. The monoisotopic (exact) mass is 298 g/mol. The normalized spacial score (nSPS) is 10.1. The number of hydrogen-bond donors (Lipinski definition) is 2. The number of hydrogen-bond acceptors (Lipinski definition) is 2. The van der Waals surface area contributed by atoms with Gasteiger partial charge in [0.15, 0.2) is 0 Å². The lowest BCUT2D eigenvalue weighted by molar-refractivity contribution is 0.252. The number of amides is 2. The first-order valence-corrected chi connectivity index (χ1v) is 7.34. The van der Waals surface area contributed by atoms with Crippen LogP contribution >= 0.6 is 0 Å². The molecule has 2 rings (SSSR count). The Hall–Kier alpha value is -2.49. The van der Waals surface area contributed by atoms with Gasteiger partial charge in [-0.15, -0.1) is 0 Å². The Labute approximate surface area is 131 Å². The summed E-state index contributed by atoms with van der Waals surface area (Å²) in [4.78, 5) is 11.9. The van der Waals surface area contributed by atoms with Crippen LogP contribution in [0.5, 0.6) is 5.75 Å². The minimum absolute atomic E-state index is 0.196. The molecule has 0 atom stereocenters. The highest BCUT2D eigenvalue weighted by Crippen LogP contribution is 2.17. The van der Waals surface area contributed by atoms with Crippen LogP contribution in [0.1, 0.15) is 16.7 Å². The van der Waals surface area contributed by atoms with Crippen LogP contribution in [0.25, 0.3) is 0 Å². The molecule has 0 aliphatic rings. The van der Waals surface area contributed by atoms with E-state index >= 15 is 0 Å². The zero-order chi connectivity index (χ0) is 15.9. The predicted octanol–water partition coefficient (Wildman–Crippen LogP) is 3.68. The van der Waals surface area contributed by atoms with Gasteiger partial charge in [-0.05, 0) is 55.2 Å². The first-order chi connectivity index (χ1) is 10.6. The van der Waals surface area contributed by atoms with E-state index in [0.29, 0.717) is 6.54 Å². The summed E-state index contributed by atoms with van der Waals surface area (Å²) in [5, 5.41) is 5.70. The molecular weight excluding hydrogens is 276 g/mol. The van der Waals surface area contributed by atoms with Crippen molar-refractivity contribution in [3.63, 3.8) is 0 Å². The summed E-state index contributed by atoms with van der Waals surface area (Å²) in [6.07, 6.45) is 0.727. The minimum atomic E-state index is -0.196. The number of methoxy groups -OCH3 is 1. The third-order valence-corrected chi connectivity index (χ3v) is 3.64. The molecule has 0 saturated carbocycles. The van der Waals surface area contributed by atoms with Gasteiger partial charge in [-0.3, -0.25) is 0 Å². The number of anilines is 1. The van der Waals surface area contributed by atoms with E-state index in [2.05, 4.69) is 10.6 Å². The minimum Gasteiger partial charge on any atom is -0.496 e. The SMILES string of the molecule is COc1ccccc1CCNC(=O)Nc1ccc(C)c(C)c1. The van der Waals surface area contributed by atoms with Gasteiger partial charge in [0.05, 0.1) is 7.11 Å². The van der Waals surface area contributed by atoms with Crippen molar-refractivity contribution in [1.82, 2.24) is 5.32 Å². The molecule has 0 aromatic heterocycles. The zero-order valence-corrected chi connectivity index (χ0v) is 13.3. The fourth-order valence-corrected chi connectivity index (χ4v) is 2.21. The van der Waals surface area contributed by atoms with Crippen LogP contribution in [0.3, 0.4) is 0 Å². The van der Waals surface area contributed by atoms with Crippen LogP contribution in [0.2, 0.25) is 0 Å². The summed E-state index contributed by atoms with van der Waals surface area (Å²) in [5.41, 5.74) is 4.25. The maximum absolute atomic E-state index is 11.9. The lowest BCUT2D eigenvalue weighted by Gasteiger charge is -2.11. The first-order valence-electron chi connectivity index (χ1n) is 7.34. The Morgan fingerprint density at radius 3 is 2.59 bits per heavy atom. The van der Waals surface area contributed by atoms with Crippen LogP contribution in [0.4, 0.5) is 10.5 Å². The van der Waals surface area contributed by atoms with Gasteiger partial charge in [0, 0.05) is 12.2 Å². The van der Waals surface area contributed by atoms with Gasteiger partial charge in [-0.25, -0.2) is 4.79 Å². The summed E-state index contributed by atoms with van der Waals surface area (Å²) in [6, 6.07) is 13.5. The zero-order valence-electron chi connectivity index (χ0n) is 13.3. The van der Waals surface area contributed by atoms with E-state index in [0.717, 1.165) is 29.0 Å². The number of benzene rings is 2. The number of aryl methyl sites for hydroxylation is 2. The van der Waals surface area contributed by atoms with Gasteiger partial charge < -0.3 is 15.4 Å². The molecule has 4 heteroatoms. The summed E-state index contributed by atoms with van der Waals surface area (Å²) in [6.45, 7) is 4.63. The Bertz CT molecular complexity index is 653. The van der Waals surface area contributed by atoms with Gasteiger partial charge in [0.2, 0.25) is 0 Å². The lowest BCUT2D eigenvalue weighted by atomic mass is 10.1. The molecular formula is C18H22N2O2. The van der Waals surface area contributed by atoms with Crippen LogP contribution in [0.15, 0.2) is 42.5 Å². The van der Waals surface area contributed by atoms with Gasteiger partial charge in [-0.1, -0.05) is 24.3 Å². The van der Waals surface area contributed by atoms with E-state index in [4.69, 9.17) is 4.74 Å². The maximum Gasteiger partial charge on any atom is 0.319 e. The van der Waals surface area contributed by atoms with Crippen molar-refractivity contribution in [1.29, 1.82) is 0 Å². The molecule has 2 N–H and O–H groups in total. The molecule has 2 amide bonds. The number of carbonyl (C=O) groups is 1. The van der Waals surface area contributed by atoms with E-state index in [-0.39, 0.29) is 6.03 Å². The van der Waals surface area contributed by atoms with Crippen molar-refractivity contribution in [2.24, 2.45) is 0 Å². The summed E-state index contributed by atoms with van der Waals surface area (Å²) in [5.74, 6) is 0.846. The number of urea groups is 1. The summed E-state index contributed by atoms with van der Waals surface area (Å²) >= 11 is 0. The molecule has 0 fully saturated rings. The van der Waals surface area contributed by atoms with Crippen molar-refractivity contribution < 1.29 is 9.53 Å². The topological polar surface area (TPSA) is 50.4 Å². The van der Waals surface area contributed by atoms with Crippen molar-refractivity contribution in [2.75, 3.05) is 19.0 Å². The Morgan fingerprint density at radius 1 is 1.09 bits per heavy atom. The summed E-state index contributed by atoms with van der Waals surface area (Å²) in [7, 11) is 1.65. The van der Waals surface area contributed by atoms with Gasteiger partial charge >= 0.3 is 6.03 Å². The molecule has 22 heavy (non-hydrogen) atoms. The van der Waals surface area contributed by atoms with Crippen molar-refractivity contribution >= 4 is 11.7 Å². The van der Waals surface area contributed by atoms with Crippen LogP contribution in [0, 0.1) is 13.8 Å². The smallest absolute Gasteiger partial charge is 0.319 e. The van der Waals surface area contributed by atoms with Gasteiger partial charge in [0.1, 0.15) is 5.75 Å². The highest BCUT2D eigenvalue weighted by atomic mass is 16.5. The largest absolute Gasteiger partial charge is 0.496 e. The van der Waals surface area contributed by atoms with Crippen molar-refractivity contribution in [3.05, 3.63) is 59.2 Å². The standard InChI is InChI=1S/C18H22N2O2/c1-13-8-9-16(12-14(13)2)20-18(21)19-11-10-15-6-4-5-7-17(15)22-3/h4-9,12H,10-11H2,1-3H3,(H2,19,20,21). The molecule has 2 aromatic rings. The third-order valence-electron chi connectivity index (χ3n) is 3.64. The molecule has 0 spiro atoms. The maximum atomic E-state index is 11.9. The highest BCUT2D eigenvalue weighted by molar-refractivity contribution is 5.89. The van der Waals surface area contributed by atoms with E-state index < -0.39 is 0 Å². The molecule has 0 unspecified atom stereocenters. The number of para-hydroxylation sites is 1. The average molecular weight is 298 g/mol. The van der Waals surface area contributed by atoms with Gasteiger partial charge in [-0.2, -0.15) is 0 Å². The van der Waals surface area contributed by atoms with Crippen LogP contribution in [-0.2, 0) is 6.42 Å². The molecule has 0 aliphatic heterocycles. The number of nitrogens with one attached hydrogen (secondary N) is 2. The fourth-order valence-electron chi connectivity index (χ4n) is 2.21. The molecule has 0 heterocycles. The average Bonchev–Trinajstić information content (AvgIpc) is 2.51. The highest BCUT2D eigenvalue weighted by Gasteiger charge is 2.04. The first kappa shape index (κ1) is 15.9. The fraction of sp³-hybridized carbons (Fsp3) is 0.278. The number of carbonyl (C=O) groups excluding carboxylic acids is 1. The predicted molar refractivity (Wildman–Crippen MR) is 89.6 cm³/mol. The van der Waals surface area contributed by atoms with E-state index in [1.54, 1.807) is 7.11 Å². The Morgan fingerprint density at radius 2 is 1.86 bits per heavy atom. The second kappa shape index (κ2) is 7.50. The van der Waals surface area contributed by atoms with Gasteiger partial charge in [0.25, 0.3) is 0 Å². The molecule has 2 aromatic carbocycles. The number of ether oxygens (including phenoxy) is 1.